The zero-order valence-electron chi connectivity index (χ0n) is 11.2. The third kappa shape index (κ3) is 2.70. The molecule has 3 rings (SSSR count). The molecule has 1 aliphatic rings. The highest BCUT2D eigenvalue weighted by atomic mass is 32.2. The number of pyridine rings is 1. The number of nitrogens with one attached hydrogen (secondary N) is 1. The third-order valence-corrected chi connectivity index (χ3v) is 4.21. The molecule has 104 valence electrons. The molecule has 1 amide bonds. The highest BCUT2D eigenvalue weighted by Crippen LogP contribution is 2.19. The Balaban J connectivity index is 1.71. The van der Waals surface area contributed by atoms with Crippen molar-refractivity contribution in [3.63, 3.8) is 0 Å². The maximum atomic E-state index is 12.2. The molecule has 5 nitrogen and oxygen atoms in total. The quantitative estimate of drug-likeness (QED) is 0.938. The first-order valence-electron chi connectivity index (χ1n) is 6.59. The number of thioether (sulfide) groups is 1. The molecule has 0 unspecified atom stereocenters. The van der Waals surface area contributed by atoms with Crippen LogP contribution < -0.4 is 5.32 Å². The van der Waals surface area contributed by atoms with E-state index in [1.165, 1.54) is 0 Å². The van der Waals surface area contributed by atoms with Gasteiger partial charge in [0, 0.05) is 24.7 Å². The van der Waals surface area contributed by atoms with Crippen LogP contribution in [0, 0.1) is 0 Å². The highest BCUT2D eigenvalue weighted by molar-refractivity contribution is 7.98. The molecular formula is C14H16N4OS. The molecule has 0 fully saturated rings. The summed E-state index contributed by atoms with van der Waals surface area (Å²) in [7, 11) is 0. The summed E-state index contributed by atoms with van der Waals surface area (Å²) in [4.78, 5) is 20.9. The van der Waals surface area contributed by atoms with Crippen molar-refractivity contribution in [3.8, 4) is 0 Å². The SMILES string of the molecule is C[C@@H](NC(=O)c1cn2c(n1)CSCC2)c1ccccn1. The van der Waals surface area contributed by atoms with Crippen LogP contribution >= 0.6 is 11.8 Å². The van der Waals surface area contributed by atoms with Gasteiger partial charge in [0.2, 0.25) is 0 Å². The van der Waals surface area contributed by atoms with E-state index < -0.39 is 0 Å². The Morgan fingerprint density at radius 1 is 1.50 bits per heavy atom. The molecule has 0 saturated heterocycles. The fraction of sp³-hybridized carbons (Fsp3) is 0.357. The van der Waals surface area contributed by atoms with Gasteiger partial charge in [0.05, 0.1) is 17.5 Å². The van der Waals surface area contributed by atoms with E-state index in [2.05, 4.69) is 19.9 Å². The van der Waals surface area contributed by atoms with E-state index in [-0.39, 0.29) is 11.9 Å². The van der Waals surface area contributed by atoms with Crippen LogP contribution in [-0.4, -0.2) is 26.2 Å². The smallest absolute Gasteiger partial charge is 0.272 e. The van der Waals surface area contributed by atoms with Crippen molar-refractivity contribution in [2.24, 2.45) is 0 Å². The van der Waals surface area contributed by atoms with Crippen molar-refractivity contribution >= 4 is 17.7 Å². The first-order valence-corrected chi connectivity index (χ1v) is 7.75. The lowest BCUT2D eigenvalue weighted by molar-refractivity contribution is 0.0934. The van der Waals surface area contributed by atoms with Crippen molar-refractivity contribution in [2.75, 3.05) is 5.75 Å². The van der Waals surface area contributed by atoms with Crippen LogP contribution in [0.15, 0.2) is 30.6 Å². The number of carbonyl (C=O) groups is 1. The molecule has 20 heavy (non-hydrogen) atoms. The van der Waals surface area contributed by atoms with Gasteiger partial charge >= 0.3 is 0 Å². The van der Waals surface area contributed by atoms with Crippen molar-refractivity contribution < 1.29 is 4.79 Å². The Labute approximate surface area is 121 Å². The Morgan fingerprint density at radius 3 is 3.15 bits per heavy atom. The highest BCUT2D eigenvalue weighted by Gasteiger charge is 2.18. The molecule has 0 aliphatic carbocycles. The average molecular weight is 288 g/mol. The van der Waals surface area contributed by atoms with E-state index in [1.807, 2.05) is 43.1 Å². The average Bonchev–Trinajstić information content (AvgIpc) is 2.92. The molecule has 1 N–H and O–H groups in total. The first kappa shape index (κ1) is 13.2. The molecule has 2 aromatic rings. The minimum Gasteiger partial charge on any atom is -0.343 e. The van der Waals surface area contributed by atoms with Gasteiger partial charge in [-0.05, 0) is 19.1 Å². The number of hydrogen-bond acceptors (Lipinski definition) is 4. The van der Waals surface area contributed by atoms with Crippen molar-refractivity contribution in [3.05, 3.63) is 47.8 Å². The van der Waals surface area contributed by atoms with E-state index >= 15 is 0 Å². The molecule has 0 saturated carbocycles. The number of nitrogens with zero attached hydrogens (tertiary/aromatic N) is 3. The van der Waals surface area contributed by atoms with Crippen LogP contribution in [-0.2, 0) is 12.3 Å². The zero-order chi connectivity index (χ0) is 13.9. The molecule has 0 spiro atoms. The second kappa shape index (κ2) is 5.66. The molecule has 1 atom stereocenters. The van der Waals surface area contributed by atoms with Gasteiger partial charge in [-0.3, -0.25) is 9.78 Å². The summed E-state index contributed by atoms with van der Waals surface area (Å²) in [6, 6.07) is 5.55. The Kier molecular flexibility index (Phi) is 3.73. The van der Waals surface area contributed by atoms with E-state index in [4.69, 9.17) is 0 Å². The summed E-state index contributed by atoms with van der Waals surface area (Å²) in [5, 5.41) is 2.94. The zero-order valence-corrected chi connectivity index (χ0v) is 12.1. The number of carbonyl (C=O) groups excluding carboxylic acids is 1. The van der Waals surface area contributed by atoms with Gasteiger partial charge in [-0.15, -0.1) is 0 Å². The van der Waals surface area contributed by atoms with E-state index in [1.54, 1.807) is 6.20 Å². The van der Waals surface area contributed by atoms with Crippen LogP contribution in [0.25, 0.3) is 0 Å². The molecule has 3 heterocycles. The summed E-state index contributed by atoms with van der Waals surface area (Å²) in [6.45, 7) is 2.85. The number of aromatic nitrogens is 3. The second-order valence-electron chi connectivity index (χ2n) is 4.74. The predicted molar refractivity (Wildman–Crippen MR) is 78.5 cm³/mol. The Morgan fingerprint density at radius 2 is 2.40 bits per heavy atom. The van der Waals surface area contributed by atoms with Crippen molar-refractivity contribution in [1.82, 2.24) is 19.9 Å². The predicted octanol–water partition coefficient (Wildman–Crippen LogP) is 2.02. The minimum atomic E-state index is -0.143. The number of amides is 1. The van der Waals surface area contributed by atoms with Crippen LogP contribution in [0.5, 0.6) is 0 Å². The number of aryl methyl sites for hydroxylation is 1. The van der Waals surface area contributed by atoms with Crippen molar-refractivity contribution in [2.45, 2.75) is 25.3 Å². The lowest BCUT2D eigenvalue weighted by Gasteiger charge is -2.12. The van der Waals surface area contributed by atoms with Gasteiger partial charge in [-0.25, -0.2) is 4.98 Å². The topological polar surface area (TPSA) is 59.8 Å². The number of rotatable bonds is 3. The van der Waals surface area contributed by atoms with Gasteiger partial charge in [-0.2, -0.15) is 11.8 Å². The van der Waals surface area contributed by atoms with Crippen molar-refractivity contribution in [1.29, 1.82) is 0 Å². The van der Waals surface area contributed by atoms with Gasteiger partial charge in [-0.1, -0.05) is 6.07 Å². The summed E-state index contributed by atoms with van der Waals surface area (Å²) in [5.74, 6) is 2.80. The van der Waals surface area contributed by atoms with E-state index in [0.717, 1.165) is 29.6 Å². The molecule has 6 heteroatoms. The van der Waals surface area contributed by atoms with Gasteiger partial charge in [0.1, 0.15) is 11.5 Å². The number of imidazole rings is 1. The Hall–Kier alpha value is -1.82. The molecular weight excluding hydrogens is 272 g/mol. The van der Waals surface area contributed by atoms with E-state index in [9.17, 15) is 4.79 Å². The fourth-order valence-electron chi connectivity index (χ4n) is 2.18. The van der Waals surface area contributed by atoms with Gasteiger partial charge in [0.15, 0.2) is 0 Å². The first-order chi connectivity index (χ1) is 9.74. The Bertz CT molecular complexity index is 587. The fourth-order valence-corrected chi connectivity index (χ4v) is 3.06. The standard InChI is InChI=1S/C14H16N4OS/c1-10(11-4-2-3-5-15-11)16-14(19)12-8-18-6-7-20-9-13(18)17-12/h2-5,8,10H,6-7,9H2,1H3,(H,16,19)/t10-/m1/s1. The maximum Gasteiger partial charge on any atom is 0.272 e. The molecule has 2 aromatic heterocycles. The normalized spacial score (nSPS) is 15.4. The maximum absolute atomic E-state index is 12.2. The van der Waals surface area contributed by atoms with Gasteiger partial charge in [0.25, 0.3) is 5.91 Å². The van der Waals surface area contributed by atoms with Gasteiger partial charge < -0.3 is 9.88 Å². The van der Waals surface area contributed by atoms with E-state index in [0.29, 0.717) is 5.69 Å². The number of fused-ring (bicyclic) bond motifs is 1. The monoisotopic (exact) mass is 288 g/mol. The minimum absolute atomic E-state index is 0.128. The number of hydrogen-bond donors (Lipinski definition) is 1. The molecule has 0 aromatic carbocycles. The summed E-state index contributed by atoms with van der Waals surface area (Å²) in [5.41, 5.74) is 1.34. The lowest BCUT2D eigenvalue weighted by atomic mass is 10.2. The van der Waals surface area contributed by atoms with Crippen LogP contribution in [0.1, 0.15) is 35.0 Å². The molecule has 0 bridgehead atoms. The van der Waals surface area contributed by atoms with Crippen LogP contribution in [0.2, 0.25) is 0 Å². The summed E-state index contributed by atoms with van der Waals surface area (Å²) in [6.07, 6.45) is 3.57. The second-order valence-corrected chi connectivity index (χ2v) is 5.84. The lowest BCUT2D eigenvalue weighted by Crippen LogP contribution is -2.27. The van der Waals surface area contributed by atoms with Crippen LogP contribution in [0.4, 0.5) is 0 Å². The summed E-state index contributed by atoms with van der Waals surface area (Å²) < 4.78 is 2.07. The molecule has 1 aliphatic heterocycles. The molecule has 0 radical (unpaired) electrons. The largest absolute Gasteiger partial charge is 0.343 e. The third-order valence-electron chi connectivity index (χ3n) is 3.28. The summed E-state index contributed by atoms with van der Waals surface area (Å²) >= 11 is 1.85. The van der Waals surface area contributed by atoms with Crippen LogP contribution in [0.3, 0.4) is 0 Å².